The van der Waals surface area contributed by atoms with Gasteiger partial charge in [-0.05, 0) is 25.1 Å². The van der Waals surface area contributed by atoms with Crippen molar-refractivity contribution in [2.45, 2.75) is 32.7 Å². The van der Waals surface area contributed by atoms with Gasteiger partial charge in [0.15, 0.2) is 5.01 Å². The van der Waals surface area contributed by atoms with Crippen molar-refractivity contribution in [2.24, 2.45) is 0 Å². The molecule has 0 radical (unpaired) electrons. The summed E-state index contributed by atoms with van der Waals surface area (Å²) < 4.78 is 26.5. The van der Waals surface area contributed by atoms with Crippen LogP contribution in [-0.2, 0) is 6.42 Å². The molecule has 6 heteroatoms. The molecule has 1 aromatic carbocycles. The van der Waals surface area contributed by atoms with Crippen molar-refractivity contribution in [3.05, 3.63) is 34.8 Å². The molecule has 1 N–H and O–H groups in total. The van der Waals surface area contributed by atoms with Gasteiger partial charge in [-0.3, -0.25) is 0 Å². The maximum absolute atomic E-state index is 13.6. The van der Waals surface area contributed by atoms with Gasteiger partial charge in [0.05, 0.1) is 0 Å². The van der Waals surface area contributed by atoms with Crippen molar-refractivity contribution in [3.8, 4) is 10.6 Å². The molecule has 0 atom stereocenters. The summed E-state index contributed by atoms with van der Waals surface area (Å²) in [5, 5.41) is 12.7. The second-order valence-electron chi connectivity index (χ2n) is 4.84. The third-order valence-corrected chi connectivity index (χ3v) is 3.76. The average Bonchev–Trinajstić information content (AvgIpc) is 2.83. The Balaban J connectivity index is 1.98. The molecule has 0 aliphatic carbocycles. The zero-order valence-electron chi connectivity index (χ0n) is 11.5. The minimum atomic E-state index is -0.603. The summed E-state index contributed by atoms with van der Waals surface area (Å²) in [4.78, 5) is 0. The molecule has 0 unspecified atom stereocenters. The summed E-state index contributed by atoms with van der Waals surface area (Å²) in [5.41, 5.74) is 0.301. The van der Waals surface area contributed by atoms with Crippen LogP contribution >= 0.6 is 11.3 Å². The average molecular weight is 297 g/mol. The Kier molecular flexibility index (Phi) is 5.14. The normalized spacial score (nSPS) is 11.2. The van der Waals surface area contributed by atoms with E-state index >= 15 is 0 Å². The van der Waals surface area contributed by atoms with Gasteiger partial charge in [0.2, 0.25) is 0 Å². The summed E-state index contributed by atoms with van der Waals surface area (Å²) in [6, 6.07) is 3.96. The topological polar surface area (TPSA) is 37.8 Å². The second kappa shape index (κ2) is 6.85. The first-order valence-electron chi connectivity index (χ1n) is 6.57. The van der Waals surface area contributed by atoms with E-state index in [4.69, 9.17) is 0 Å². The molecule has 3 nitrogen and oxygen atoms in total. The van der Waals surface area contributed by atoms with Gasteiger partial charge in [-0.25, -0.2) is 8.78 Å². The number of rotatable bonds is 6. The highest BCUT2D eigenvalue weighted by Gasteiger charge is 2.11. The first kappa shape index (κ1) is 15.0. The van der Waals surface area contributed by atoms with Crippen molar-refractivity contribution >= 4 is 11.3 Å². The third kappa shape index (κ3) is 4.05. The monoisotopic (exact) mass is 297 g/mol. The molecule has 0 saturated carbocycles. The Morgan fingerprint density at radius 2 is 2.05 bits per heavy atom. The maximum Gasteiger partial charge on any atom is 0.150 e. The van der Waals surface area contributed by atoms with E-state index in [9.17, 15) is 8.78 Å². The predicted molar refractivity (Wildman–Crippen MR) is 76.7 cm³/mol. The van der Waals surface area contributed by atoms with E-state index in [1.165, 1.54) is 23.5 Å². The number of aromatic nitrogens is 2. The Hall–Kier alpha value is -1.40. The Bertz CT molecular complexity index is 569. The van der Waals surface area contributed by atoms with Gasteiger partial charge in [0, 0.05) is 24.1 Å². The van der Waals surface area contributed by atoms with Crippen LogP contribution in [0.15, 0.2) is 18.2 Å². The van der Waals surface area contributed by atoms with Crippen molar-refractivity contribution in [2.75, 3.05) is 6.54 Å². The number of hydrogen-bond donors (Lipinski definition) is 1. The van der Waals surface area contributed by atoms with Crippen LogP contribution < -0.4 is 5.32 Å². The summed E-state index contributed by atoms with van der Waals surface area (Å²) >= 11 is 1.35. The fourth-order valence-electron chi connectivity index (χ4n) is 1.76. The molecule has 0 spiro atoms. The zero-order valence-corrected chi connectivity index (χ0v) is 12.3. The number of hydrogen-bond acceptors (Lipinski definition) is 4. The smallest absolute Gasteiger partial charge is 0.150 e. The standard InChI is InChI=1S/C14H17F2N3S/c1-9(2)17-7-3-4-13-18-19-14(20-13)11-6-5-10(15)8-12(11)16/h5-6,8-9,17H,3-4,7H2,1-2H3. The van der Waals surface area contributed by atoms with Crippen LogP contribution in [-0.4, -0.2) is 22.8 Å². The second-order valence-corrected chi connectivity index (χ2v) is 5.90. The molecular weight excluding hydrogens is 280 g/mol. The number of nitrogens with one attached hydrogen (secondary N) is 1. The van der Waals surface area contributed by atoms with Gasteiger partial charge in [-0.2, -0.15) is 0 Å². The van der Waals surface area contributed by atoms with E-state index in [0.29, 0.717) is 16.6 Å². The van der Waals surface area contributed by atoms with E-state index in [-0.39, 0.29) is 0 Å². The summed E-state index contributed by atoms with van der Waals surface area (Å²) in [6.07, 6.45) is 1.76. The van der Waals surface area contributed by atoms with Gasteiger partial charge in [0.25, 0.3) is 0 Å². The van der Waals surface area contributed by atoms with Gasteiger partial charge in [-0.1, -0.05) is 25.2 Å². The molecule has 1 aromatic heterocycles. The minimum Gasteiger partial charge on any atom is -0.315 e. The van der Waals surface area contributed by atoms with Crippen LogP contribution in [0.25, 0.3) is 10.6 Å². The van der Waals surface area contributed by atoms with E-state index in [1.807, 2.05) is 0 Å². The van der Waals surface area contributed by atoms with Crippen LogP contribution in [0.5, 0.6) is 0 Å². The Morgan fingerprint density at radius 1 is 1.25 bits per heavy atom. The van der Waals surface area contributed by atoms with Gasteiger partial charge in [-0.15, -0.1) is 10.2 Å². The lowest BCUT2D eigenvalue weighted by molar-refractivity contribution is 0.569. The van der Waals surface area contributed by atoms with Gasteiger partial charge >= 0.3 is 0 Å². The highest BCUT2D eigenvalue weighted by Crippen LogP contribution is 2.26. The molecule has 2 rings (SSSR count). The van der Waals surface area contributed by atoms with Crippen LogP contribution in [0.4, 0.5) is 8.78 Å². The maximum atomic E-state index is 13.6. The molecule has 0 saturated heterocycles. The quantitative estimate of drug-likeness (QED) is 0.830. The molecule has 1 heterocycles. The third-order valence-electron chi connectivity index (χ3n) is 2.75. The molecule has 0 fully saturated rings. The van der Waals surface area contributed by atoms with E-state index in [0.717, 1.165) is 30.5 Å². The largest absolute Gasteiger partial charge is 0.315 e. The van der Waals surface area contributed by atoms with Crippen molar-refractivity contribution < 1.29 is 8.78 Å². The molecule has 20 heavy (non-hydrogen) atoms. The van der Waals surface area contributed by atoms with E-state index < -0.39 is 11.6 Å². The highest BCUT2D eigenvalue weighted by atomic mass is 32.1. The first-order valence-corrected chi connectivity index (χ1v) is 7.39. The number of nitrogens with zero attached hydrogens (tertiary/aromatic N) is 2. The molecule has 0 aliphatic rings. The lowest BCUT2D eigenvalue weighted by Crippen LogP contribution is -2.23. The molecule has 0 amide bonds. The first-order chi connectivity index (χ1) is 9.56. The molecule has 108 valence electrons. The Morgan fingerprint density at radius 3 is 2.75 bits per heavy atom. The number of benzene rings is 1. The van der Waals surface area contributed by atoms with Gasteiger partial charge in [0.1, 0.15) is 16.6 Å². The zero-order chi connectivity index (χ0) is 14.5. The lowest BCUT2D eigenvalue weighted by atomic mass is 10.2. The molecule has 2 aromatic rings. The lowest BCUT2D eigenvalue weighted by Gasteiger charge is -2.05. The van der Waals surface area contributed by atoms with Crippen molar-refractivity contribution in [1.29, 1.82) is 0 Å². The molecular formula is C14H17F2N3S. The van der Waals surface area contributed by atoms with Crippen LogP contribution in [0.3, 0.4) is 0 Å². The Labute approximate surface area is 121 Å². The molecule has 0 bridgehead atoms. The van der Waals surface area contributed by atoms with Crippen LogP contribution in [0.1, 0.15) is 25.3 Å². The highest BCUT2D eigenvalue weighted by molar-refractivity contribution is 7.14. The van der Waals surface area contributed by atoms with E-state index in [1.54, 1.807) is 0 Å². The fraction of sp³-hybridized carbons (Fsp3) is 0.429. The fourth-order valence-corrected chi connectivity index (χ4v) is 2.67. The summed E-state index contributed by atoms with van der Waals surface area (Å²) in [5.74, 6) is -1.19. The SMILES string of the molecule is CC(C)NCCCc1nnc(-c2ccc(F)cc2F)s1. The minimum absolute atomic E-state index is 0.301. The number of aryl methyl sites for hydroxylation is 1. The van der Waals surface area contributed by atoms with Crippen molar-refractivity contribution in [3.63, 3.8) is 0 Å². The predicted octanol–water partition coefficient (Wildman–Crippen LogP) is 3.41. The van der Waals surface area contributed by atoms with Gasteiger partial charge < -0.3 is 5.32 Å². The van der Waals surface area contributed by atoms with E-state index in [2.05, 4.69) is 29.4 Å². The van der Waals surface area contributed by atoms with Crippen LogP contribution in [0.2, 0.25) is 0 Å². The molecule has 0 aliphatic heterocycles. The number of halogens is 2. The summed E-state index contributed by atoms with van der Waals surface area (Å²) in [6.45, 7) is 5.11. The van der Waals surface area contributed by atoms with Crippen LogP contribution in [0, 0.1) is 11.6 Å². The van der Waals surface area contributed by atoms with Crippen molar-refractivity contribution in [1.82, 2.24) is 15.5 Å². The summed E-state index contributed by atoms with van der Waals surface area (Å²) in [7, 11) is 0.